The fourth-order valence-electron chi connectivity index (χ4n) is 2.77. The van der Waals surface area contributed by atoms with Gasteiger partial charge in [0.25, 0.3) is 5.91 Å². The molecule has 4 amide bonds. The van der Waals surface area contributed by atoms with E-state index >= 15 is 0 Å². The van der Waals surface area contributed by atoms with Crippen molar-refractivity contribution in [3.63, 3.8) is 0 Å². The average Bonchev–Trinajstić information content (AvgIpc) is 2.84. The first-order valence-corrected chi connectivity index (χ1v) is 9.10. The second-order valence-corrected chi connectivity index (χ2v) is 7.47. The Bertz CT molecular complexity index is 1000. The lowest BCUT2D eigenvalue weighted by molar-refractivity contribution is -0.133. The Hall–Kier alpha value is -2.35. The van der Waals surface area contributed by atoms with E-state index in [1.54, 1.807) is 6.07 Å². The Balaban J connectivity index is 1.77. The summed E-state index contributed by atoms with van der Waals surface area (Å²) in [7, 11) is 0. The van der Waals surface area contributed by atoms with Gasteiger partial charge in [-0.3, -0.25) is 14.5 Å². The van der Waals surface area contributed by atoms with Gasteiger partial charge in [-0.15, -0.1) is 0 Å². The molecule has 2 aromatic rings. The van der Waals surface area contributed by atoms with Crippen LogP contribution in [0.1, 0.15) is 12.5 Å². The smallest absolute Gasteiger partial charge is 0.323 e. The number of hydrogen-bond donors (Lipinski definition) is 2. The minimum absolute atomic E-state index is 0.00815. The lowest BCUT2D eigenvalue weighted by atomic mass is 9.92. The molecule has 1 fully saturated rings. The van der Waals surface area contributed by atoms with Gasteiger partial charge in [0, 0.05) is 0 Å². The van der Waals surface area contributed by atoms with Gasteiger partial charge in [0.05, 0.1) is 20.8 Å². The van der Waals surface area contributed by atoms with Crippen molar-refractivity contribution in [1.82, 2.24) is 10.2 Å². The third kappa shape index (κ3) is 3.78. The predicted molar refractivity (Wildman–Crippen MR) is 104 cm³/mol. The Morgan fingerprint density at radius 2 is 1.82 bits per heavy atom. The summed E-state index contributed by atoms with van der Waals surface area (Å²) < 4.78 is 13.1. The highest BCUT2D eigenvalue weighted by atomic mass is 35.5. The number of halogens is 4. The number of hydrogen-bond acceptors (Lipinski definition) is 3. The van der Waals surface area contributed by atoms with Crippen molar-refractivity contribution in [2.45, 2.75) is 12.5 Å². The molecular formula is C18H13Cl3FN3O3. The summed E-state index contributed by atoms with van der Waals surface area (Å²) in [4.78, 5) is 38.2. The zero-order chi connectivity index (χ0) is 20.6. The third-order valence-corrected chi connectivity index (χ3v) is 5.33. The average molecular weight is 445 g/mol. The maximum Gasteiger partial charge on any atom is 0.325 e. The number of urea groups is 1. The summed E-state index contributed by atoms with van der Waals surface area (Å²) in [6, 6.07) is 7.25. The molecule has 2 N–H and O–H groups in total. The van der Waals surface area contributed by atoms with Gasteiger partial charge in [-0.1, -0.05) is 40.9 Å². The van der Waals surface area contributed by atoms with Crippen molar-refractivity contribution in [2.75, 3.05) is 11.9 Å². The van der Waals surface area contributed by atoms with Crippen molar-refractivity contribution in [3.8, 4) is 0 Å². The number of amides is 4. The minimum atomic E-state index is -1.40. The van der Waals surface area contributed by atoms with Crippen LogP contribution in [0.4, 0.5) is 14.9 Å². The molecule has 0 saturated carbocycles. The summed E-state index contributed by atoms with van der Waals surface area (Å²) >= 11 is 17.8. The number of imide groups is 1. The summed E-state index contributed by atoms with van der Waals surface area (Å²) in [5, 5.41) is 5.52. The normalized spacial score (nSPS) is 19.0. The van der Waals surface area contributed by atoms with E-state index in [2.05, 4.69) is 10.6 Å². The molecule has 1 heterocycles. The molecule has 1 aliphatic heterocycles. The van der Waals surface area contributed by atoms with Crippen LogP contribution in [0.25, 0.3) is 0 Å². The van der Waals surface area contributed by atoms with Gasteiger partial charge in [0.2, 0.25) is 5.91 Å². The highest BCUT2D eigenvalue weighted by molar-refractivity contribution is 6.42. The Morgan fingerprint density at radius 1 is 1.11 bits per heavy atom. The van der Waals surface area contributed by atoms with E-state index in [-0.39, 0.29) is 15.7 Å². The molecule has 2 aromatic carbocycles. The maximum atomic E-state index is 13.1. The molecule has 28 heavy (non-hydrogen) atoms. The van der Waals surface area contributed by atoms with Crippen molar-refractivity contribution >= 4 is 58.3 Å². The third-order valence-electron chi connectivity index (χ3n) is 4.28. The molecular weight excluding hydrogens is 432 g/mol. The molecule has 6 nitrogen and oxygen atoms in total. The van der Waals surface area contributed by atoms with Gasteiger partial charge in [-0.2, -0.15) is 0 Å². The van der Waals surface area contributed by atoms with E-state index in [9.17, 15) is 18.8 Å². The van der Waals surface area contributed by atoms with Crippen LogP contribution in [-0.4, -0.2) is 29.3 Å². The Kier molecular flexibility index (Phi) is 5.52. The number of nitrogens with one attached hydrogen (secondary N) is 2. The van der Waals surface area contributed by atoms with Crippen LogP contribution >= 0.6 is 34.8 Å². The van der Waals surface area contributed by atoms with Gasteiger partial charge < -0.3 is 10.6 Å². The summed E-state index contributed by atoms with van der Waals surface area (Å²) in [6.07, 6.45) is 0. The van der Waals surface area contributed by atoms with Crippen molar-refractivity contribution in [1.29, 1.82) is 0 Å². The van der Waals surface area contributed by atoms with Gasteiger partial charge in [-0.05, 0) is 42.8 Å². The largest absolute Gasteiger partial charge is 0.325 e. The molecule has 1 unspecified atom stereocenters. The van der Waals surface area contributed by atoms with E-state index < -0.39 is 35.7 Å². The van der Waals surface area contributed by atoms with Crippen LogP contribution in [0.2, 0.25) is 15.1 Å². The molecule has 0 radical (unpaired) electrons. The first kappa shape index (κ1) is 20.4. The van der Waals surface area contributed by atoms with E-state index in [0.717, 1.165) is 17.0 Å². The molecule has 146 valence electrons. The number of carbonyl (C=O) groups excluding carboxylic acids is 3. The molecule has 1 saturated heterocycles. The molecule has 0 aliphatic carbocycles. The molecule has 0 bridgehead atoms. The van der Waals surface area contributed by atoms with E-state index in [1.807, 2.05) is 0 Å². The number of nitrogens with zero attached hydrogens (tertiary/aromatic N) is 1. The lowest BCUT2D eigenvalue weighted by Gasteiger charge is -2.22. The van der Waals surface area contributed by atoms with Crippen LogP contribution < -0.4 is 10.6 Å². The quantitative estimate of drug-likeness (QED) is 0.694. The van der Waals surface area contributed by atoms with Crippen molar-refractivity contribution < 1.29 is 18.8 Å². The molecule has 1 atom stereocenters. The van der Waals surface area contributed by atoms with Crippen LogP contribution in [0.3, 0.4) is 0 Å². The van der Waals surface area contributed by atoms with Crippen LogP contribution in [-0.2, 0) is 15.1 Å². The second kappa shape index (κ2) is 7.58. The highest BCUT2D eigenvalue weighted by Crippen LogP contribution is 2.33. The predicted octanol–water partition coefficient (Wildman–Crippen LogP) is 4.19. The Labute approximate surface area is 174 Å². The maximum absolute atomic E-state index is 13.1. The monoisotopic (exact) mass is 443 g/mol. The lowest BCUT2D eigenvalue weighted by Crippen LogP contribution is -2.42. The van der Waals surface area contributed by atoms with Crippen LogP contribution in [0, 0.1) is 5.82 Å². The number of anilines is 1. The second-order valence-electron chi connectivity index (χ2n) is 6.25. The highest BCUT2D eigenvalue weighted by Gasteiger charge is 2.49. The van der Waals surface area contributed by atoms with Gasteiger partial charge >= 0.3 is 6.03 Å². The minimum Gasteiger partial charge on any atom is -0.323 e. The molecule has 10 heteroatoms. The molecule has 1 aliphatic rings. The summed E-state index contributed by atoms with van der Waals surface area (Å²) in [5.41, 5.74) is -0.823. The number of rotatable bonds is 4. The number of carbonyl (C=O) groups is 3. The van der Waals surface area contributed by atoms with E-state index in [1.165, 1.54) is 25.1 Å². The number of benzene rings is 2. The van der Waals surface area contributed by atoms with Crippen molar-refractivity contribution in [2.24, 2.45) is 0 Å². The summed E-state index contributed by atoms with van der Waals surface area (Å²) in [5.74, 6) is -1.86. The first-order valence-electron chi connectivity index (χ1n) is 7.96. The summed E-state index contributed by atoms with van der Waals surface area (Å²) in [6.45, 7) is 0.955. The molecule has 3 rings (SSSR count). The SMILES string of the molecule is CC1(c2ccc(Cl)c(Cl)c2)NC(=O)N(CC(=O)Nc2ccc(F)cc2Cl)C1=O. The topological polar surface area (TPSA) is 78.5 Å². The van der Waals surface area contributed by atoms with Gasteiger partial charge in [0.15, 0.2) is 0 Å². The standard InChI is InChI=1S/C18H13Cl3FN3O3/c1-18(9-2-4-11(19)12(20)6-9)16(27)25(17(28)24-18)8-15(26)23-14-5-3-10(22)7-13(14)21/h2-7H,8H2,1H3,(H,23,26)(H,24,28). The van der Waals surface area contributed by atoms with Crippen molar-refractivity contribution in [3.05, 3.63) is 62.8 Å². The molecule has 0 spiro atoms. The zero-order valence-corrected chi connectivity index (χ0v) is 16.6. The zero-order valence-electron chi connectivity index (χ0n) is 14.4. The van der Waals surface area contributed by atoms with E-state index in [4.69, 9.17) is 34.8 Å². The van der Waals surface area contributed by atoms with Gasteiger partial charge in [-0.25, -0.2) is 9.18 Å². The van der Waals surface area contributed by atoms with Crippen LogP contribution in [0.15, 0.2) is 36.4 Å². The van der Waals surface area contributed by atoms with E-state index in [0.29, 0.717) is 10.6 Å². The van der Waals surface area contributed by atoms with Gasteiger partial charge in [0.1, 0.15) is 17.9 Å². The molecule has 0 aromatic heterocycles. The fraction of sp³-hybridized carbons (Fsp3) is 0.167. The Morgan fingerprint density at radius 3 is 2.46 bits per heavy atom. The van der Waals surface area contributed by atoms with Crippen LogP contribution in [0.5, 0.6) is 0 Å². The first-order chi connectivity index (χ1) is 13.1. The fourth-order valence-corrected chi connectivity index (χ4v) is 3.28.